The van der Waals surface area contributed by atoms with Crippen LogP contribution in [0.3, 0.4) is 0 Å². The Labute approximate surface area is 47.9 Å². The van der Waals surface area contributed by atoms with Crippen LogP contribution in [-0.4, -0.2) is 28.2 Å². The zero-order valence-corrected chi connectivity index (χ0v) is 4.70. The van der Waals surface area contributed by atoms with E-state index in [1.54, 1.807) is 6.92 Å². The van der Waals surface area contributed by atoms with Crippen LogP contribution in [0.4, 0.5) is 0 Å². The van der Waals surface area contributed by atoms with Gasteiger partial charge in [0.05, 0.1) is 6.61 Å². The highest BCUT2D eigenvalue weighted by atomic mass is 16.5. The molecule has 0 atom stereocenters. The van der Waals surface area contributed by atoms with Crippen molar-refractivity contribution in [1.82, 2.24) is 0 Å². The summed E-state index contributed by atoms with van der Waals surface area (Å²) in [7, 11) is 0. The van der Waals surface area contributed by atoms with Crippen molar-refractivity contribution in [3.05, 3.63) is 11.6 Å². The van der Waals surface area contributed by atoms with Gasteiger partial charge in [0.25, 0.3) is 0 Å². The van der Waals surface area contributed by atoms with Gasteiger partial charge in [0.2, 0.25) is 0 Å². The van der Waals surface area contributed by atoms with E-state index in [9.17, 15) is 0 Å². The minimum Gasteiger partial charge on any atom is -0.392 e. The Morgan fingerprint density at radius 1 is 1.62 bits per heavy atom. The third-order valence-electron chi connectivity index (χ3n) is 0.683. The van der Waals surface area contributed by atoms with E-state index in [1.807, 2.05) is 0 Å². The molecule has 0 radical (unpaired) electrons. The molecule has 0 aliphatic heterocycles. The first-order valence-electron chi connectivity index (χ1n) is 2.31. The highest BCUT2D eigenvalue weighted by Gasteiger charge is 1.89. The van der Waals surface area contributed by atoms with Gasteiger partial charge in [-0.15, -0.1) is 0 Å². The normalized spacial score (nSPS) is 12.9. The number of rotatable bonds is 2. The number of hydrogen-bond donors (Lipinski definition) is 3. The van der Waals surface area contributed by atoms with E-state index in [2.05, 4.69) is 0 Å². The lowest BCUT2D eigenvalue weighted by Crippen LogP contribution is -2.00. The summed E-state index contributed by atoms with van der Waals surface area (Å²) in [6.07, 6.45) is -0.276. The number of aliphatic hydroxyl groups excluding tert-OH is 2. The molecule has 3 nitrogen and oxygen atoms in total. The molecule has 0 saturated carbocycles. The minimum absolute atomic E-state index is 0.127. The molecule has 3 N–H and O–H groups in total. The van der Waals surface area contributed by atoms with Gasteiger partial charge in [-0.2, -0.15) is 0 Å². The molecule has 48 valence electrons. The fourth-order valence-electron chi connectivity index (χ4n) is 0.307. The Bertz CT molecular complexity index is 85.7. The molecular weight excluding hydrogens is 108 g/mol. The number of aliphatic hydroxyl groups is 3. The molecular formula is C5H10O3. The third-order valence-corrected chi connectivity index (χ3v) is 0.683. The average Bonchev–Trinajstić information content (AvgIpc) is 1.65. The second-order valence-electron chi connectivity index (χ2n) is 1.58. The number of hydrogen-bond acceptors (Lipinski definition) is 3. The molecule has 0 amide bonds. The molecule has 0 unspecified atom stereocenters. The molecule has 0 fully saturated rings. The maximum absolute atomic E-state index is 8.29. The van der Waals surface area contributed by atoms with Crippen LogP contribution in [0.1, 0.15) is 6.92 Å². The first-order chi connectivity index (χ1) is 3.66. The van der Waals surface area contributed by atoms with Crippen molar-refractivity contribution in [3.63, 3.8) is 0 Å². The topological polar surface area (TPSA) is 60.7 Å². The summed E-state index contributed by atoms with van der Waals surface area (Å²) in [6.45, 7) is 1.48. The average molecular weight is 118 g/mol. The predicted octanol–water partition coefficient (Wildman–Crippen LogP) is -0.764. The van der Waals surface area contributed by atoms with Gasteiger partial charge in [-0.25, -0.2) is 0 Å². The monoisotopic (exact) mass is 118 g/mol. The predicted molar refractivity (Wildman–Crippen MR) is 29.1 cm³/mol. The molecule has 0 saturated heterocycles. The SMILES string of the molecule is CC(=CC(O)O)CO. The molecule has 3 heteroatoms. The molecule has 0 aliphatic carbocycles. The molecule has 0 aromatic rings. The maximum Gasteiger partial charge on any atom is 0.171 e. The van der Waals surface area contributed by atoms with E-state index in [0.717, 1.165) is 0 Å². The van der Waals surface area contributed by atoms with Crippen LogP contribution < -0.4 is 0 Å². The van der Waals surface area contributed by atoms with E-state index in [-0.39, 0.29) is 6.61 Å². The largest absolute Gasteiger partial charge is 0.392 e. The van der Waals surface area contributed by atoms with Crippen LogP contribution >= 0.6 is 0 Å². The van der Waals surface area contributed by atoms with Gasteiger partial charge in [0.1, 0.15) is 0 Å². The summed E-state index contributed by atoms with van der Waals surface area (Å²) >= 11 is 0. The van der Waals surface area contributed by atoms with Crippen molar-refractivity contribution in [2.24, 2.45) is 0 Å². The lowest BCUT2D eigenvalue weighted by molar-refractivity contribution is 0.00132. The minimum atomic E-state index is -1.44. The van der Waals surface area contributed by atoms with Gasteiger partial charge >= 0.3 is 0 Å². The van der Waals surface area contributed by atoms with Crippen LogP contribution in [0.5, 0.6) is 0 Å². The Morgan fingerprint density at radius 3 is 2.25 bits per heavy atom. The van der Waals surface area contributed by atoms with E-state index >= 15 is 0 Å². The van der Waals surface area contributed by atoms with Gasteiger partial charge in [-0.05, 0) is 18.6 Å². The lowest BCUT2D eigenvalue weighted by atomic mass is 10.3. The molecule has 0 heterocycles. The maximum atomic E-state index is 8.29. The van der Waals surface area contributed by atoms with E-state index in [0.29, 0.717) is 5.57 Å². The summed E-state index contributed by atoms with van der Waals surface area (Å²) in [5, 5.41) is 24.7. The van der Waals surface area contributed by atoms with Crippen LogP contribution in [-0.2, 0) is 0 Å². The summed E-state index contributed by atoms with van der Waals surface area (Å²) in [4.78, 5) is 0. The van der Waals surface area contributed by atoms with E-state index < -0.39 is 6.29 Å². The van der Waals surface area contributed by atoms with E-state index in [1.165, 1.54) is 6.08 Å². The Kier molecular flexibility index (Phi) is 3.43. The van der Waals surface area contributed by atoms with Gasteiger partial charge in [-0.1, -0.05) is 0 Å². The van der Waals surface area contributed by atoms with Crippen molar-refractivity contribution in [1.29, 1.82) is 0 Å². The second kappa shape index (κ2) is 3.60. The van der Waals surface area contributed by atoms with Crippen LogP contribution in [0.15, 0.2) is 11.6 Å². The van der Waals surface area contributed by atoms with Crippen molar-refractivity contribution in [3.8, 4) is 0 Å². The molecule has 0 aromatic carbocycles. The van der Waals surface area contributed by atoms with Crippen LogP contribution in [0, 0.1) is 0 Å². The molecule has 0 spiro atoms. The van der Waals surface area contributed by atoms with Crippen molar-refractivity contribution in [2.75, 3.05) is 6.61 Å². The van der Waals surface area contributed by atoms with Crippen LogP contribution in [0.2, 0.25) is 0 Å². The highest BCUT2D eigenvalue weighted by Crippen LogP contribution is 1.90. The highest BCUT2D eigenvalue weighted by molar-refractivity contribution is 4.98. The second-order valence-corrected chi connectivity index (χ2v) is 1.58. The quantitative estimate of drug-likeness (QED) is 0.330. The van der Waals surface area contributed by atoms with Crippen molar-refractivity contribution < 1.29 is 15.3 Å². The summed E-state index contributed by atoms with van der Waals surface area (Å²) in [6, 6.07) is 0. The van der Waals surface area contributed by atoms with Crippen molar-refractivity contribution in [2.45, 2.75) is 13.2 Å². The fraction of sp³-hybridized carbons (Fsp3) is 0.600. The molecule has 0 aliphatic rings. The summed E-state index contributed by atoms with van der Waals surface area (Å²) in [5.74, 6) is 0. The van der Waals surface area contributed by atoms with Gasteiger partial charge in [0, 0.05) is 0 Å². The van der Waals surface area contributed by atoms with Crippen LogP contribution in [0.25, 0.3) is 0 Å². The molecule has 8 heavy (non-hydrogen) atoms. The Balaban J connectivity index is 3.56. The van der Waals surface area contributed by atoms with Crippen molar-refractivity contribution >= 4 is 0 Å². The van der Waals surface area contributed by atoms with Gasteiger partial charge < -0.3 is 15.3 Å². The van der Waals surface area contributed by atoms with Gasteiger partial charge in [0.15, 0.2) is 6.29 Å². The first kappa shape index (κ1) is 7.62. The summed E-state index contributed by atoms with van der Waals surface area (Å²) < 4.78 is 0. The molecule has 0 rings (SSSR count). The van der Waals surface area contributed by atoms with E-state index in [4.69, 9.17) is 15.3 Å². The van der Waals surface area contributed by atoms with Gasteiger partial charge in [-0.3, -0.25) is 0 Å². The summed E-state index contributed by atoms with van der Waals surface area (Å²) in [5.41, 5.74) is 0.556. The Morgan fingerprint density at radius 2 is 2.12 bits per heavy atom. The smallest absolute Gasteiger partial charge is 0.171 e. The molecule has 0 bridgehead atoms. The molecule has 0 aromatic heterocycles. The third kappa shape index (κ3) is 3.80. The first-order valence-corrected chi connectivity index (χ1v) is 2.31. The zero-order chi connectivity index (χ0) is 6.57. The lowest BCUT2D eigenvalue weighted by Gasteiger charge is -1.95. The fourth-order valence-corrected chi connectivity index (χ4v) is 0.307. The Hall–Kier alpha value is -0.380. The zero-order valence-electron chi connectivity index (χ0n) is 4.70. The standard InChI is InChI=1S/C5H10O3/c1-4(3-6)2-5(7)8/h2,5-8H,3H2,1H3.